The van der Waals surface area contributed by atoms with Gasteiger partial charge in [-0.1, -0.05) is 48.5 Å². The molecule has 0 aliphatic rings. The fourth-order valence-electron chi connectivity index (χ4n) is 6.50. The Labute approximate surface area is 274 Å². The molecule has 0 atom stereocenters. The van der Waals surface area contributed by atoms with Crippen molar-refractivity contribution in [1.29, 1.82) is 0 Å². The van der Waals surface area contributed by atoms with Gasteiger partial charge in [0, 0.05) is 33.5 Å². The van der Waals surface area contributed by atoms with Crippen LogP contribution in [-0.2, 0) is 0 Å². The summed E-state index contributed by atoms with van der Waals surface area (Å²) in [4.78, 5) is 4.01. The molecule has 0 bridgehead atoms. The summed E-state index contributed by atoms with van der Waals surface area (Å²) >= 11 is 0. The summed E-state index contributed by atoms with van der Waals surface area (Å²) in [6.07, 6.45) is 0. The van der Waals surface area contributed by atoms with E-state index in [2.05, 4.69) is 24.3 Å². The molecule has 8 rings (SSSR count). The standard InChI is InChI=1S/C42H26F4N2/c43-27-9-17-31(18-10-27)47(32-19-11-28(44)12-20-32)41-26-40-36-6-2-4-8-38(36)42(25-39(40)35-5-1-3-7-37(35)41)48(33-21-13-29(45)14-22-33)34-23-15-30(46)16-24-34/h1-26H. The minimum Gasteiger partial charge on any atom is -0.310 e. The molecule has 0 unspecified atom stereocenters. The first-order chi connectivity index (χ1) is 23.4. The van der Waals surface area contributed by atoms with Crippen molar-refractivity contribution >= 4 is 66.4 Å². The second-order valence-corrected chi connectivity index (χ2v) is 11.6. The van der Waals surface area contributed by atoms with Gasteiger partial charge in [0.05, 0.1) is 11.4 Å². The van der Waals surface area contributed by atoms with Gasteiger partial charge in [-0.25, -0.2) is 17.6 Å². The van der Waals surface area contributed by atoms with Crippen LogP contribution in [0.15, 0.2) is 158 Å². The Morgan fingerprint density at radius 2 is 0.521 bits per heavy atom. The van der Waals surface area contributed by atoms with Gasteiger partial charge < -0.3 is 9.80 Å². The number of benzene rings is 8. The van der Waals surface area contributed by atoms with Crippen molar-refractivity contribution in [3.63, 3.8) is 0 Å². The van der Waals surface area contributed by atoms with Crippen LogP contribution in [0.25, 0.3) is 32.3 Å². The van der Waals surface area contributed by atoms with Gasteiger partial charge in [-0.3, -0.25) is 0 Å². The summed E-state index contributed by atoms with van der Waals surface area (Å²) in [6, 6.07) is 45.3. The third-order valence-corrected chi connectivity index (χ3v) is 8.66. The van der Waals surface area contributed by atoms with Crippen LogP contribution in [0.5, 0.6) is 0 Å². The Morgan fingerprint density at radius 1 is 0.271 bits per heavy atom. The Bertz CT molecular complexity index is 2160. The van der Waals surface area contributed by atoms with Gasteiger partial charge in [-0.05, 0) is 131 Å². The molecule has 0 spiro atoms. The van der Waals surface area contributed by atoms with Gasteiger partial charge in [0.2, 0.25) is 0 Å². The van der Waals surface area contributed by atoms with E-state index in [1.54, 1.807) is 48.5 Å². The molecule has 0 heterocycles. The van der Waals surface area contributed by atoms with Crippen LogP contribution in [0.2, 0.25) is 0 Å². The van der Waals surface area contributed by atoms with Gasteiger partial charge in [-0.15, -0.1) is 0 Å². The zero-order chi connectivity index (χ0) is 32.8. The number of fused-ring (bicyclic) bond motifs is 5. The molecule has 232 valence electrons. The fraction of sp³-hybridized carbons (Fsp3) is 0. The molecule has 2 nitrogen and oxygen atoms in total. The summed E-state index contributed by atoms with van der Waals surface area (Å²) in [5, 5.41) is 5.71. The van der Waals surface area contributed by atoms with E-state index in [0.717, 1.165) is 43.7 Å². The highest BCUT2D eigenvalue weighted by molar-refractivity contribution is 6.24. The van der Waals surface area contributed by atoms with Crippen LogP contribution < -0.4 is 9.80 Å². The fourth-order valence-corrected chi connectivity index (χ4v) is 6.50. The van der Waals surface area contributed by atoms with Crippen LogP contribution in [0, 0.1) is 23.3 Å². The Balaban J connectivity index is 1.46. The summed E-state index contributed by atoms with van der Waals surface area (Å²) in [5.74, 6) is -1.42. The number of halogens is 4. The molecule has 8 aromatic rings. The van der Waals surface area contributed by atoms with Crippen LogP contribution >= 0.6 is 0 Å². The molecule has 6 heteroatoms. The minimum atomic E-state index is -0.355. The maximum absolute atomic E-state index is 14.1. The van der Waals surface area contributed by atoms with Crippen LogP contribution in [0.4, 0.5) is 51.7 Å². The molecule has 0 aromatic heterocycles. The first kappa shape index (κ1) is 29.3. The average molecular weight is 635 g/mol. The second kappa shape index (κ2) is 11.9. The maximum Gasteiger partial charge on any atom is 0.123 e. The predicted molar refractivity (Wildman–Crippen MR) is 188 cm³/mol. The Kier molecular flexibility index (Phi) is 7.26. The zero-order valence-electron chi connectivity index (χ0n) is 25.4. The number of rotatable bonds is 6. The molecule has 0 N–H and O–H groups in total. The molecule has 48 heavy (non-hydrogen) atoms. The molecule has 0 amide bonds. The topological polar surface area (TPSA) is 6.48 Å². The lowest BCUT2D eigenvalue weighted by atomic mass is 9.93. The molecular formula is C42H26F4N2. The Morgan fingerprint density at radius 3 is 0.792 bits per heavy atom. The molecular weight excluding hydrogens is 608 g/mol. The van der Waals surface area contributed by atoms with Gasteiger partial charge in [0.1, 0.15) is 23.3 Å². The number of hydrogen-bond donors (Lipinski definition) is 0. The maximum atomic E-state index is 14.1. The zero-order valence-corrected chi connectivity index (χ0v) is 25.4. The summed E-state index contributed by atoms with van der Waals surface area (Å²) < 4.78 is 56.5. The van der Waals surface area contributed by atoms with Crippen molar-refractivity contribution in [1.82, 2.24) is 0 Å². The van der Waals surface area contributed by atoms with Gasteiger partial charge in [0.15, 0.2) is 0 Å². The van der Waals surface area contributed by atoms with E-state index in [0.29, 0.717) is 22.7 Å². The van der Waals surface area contributed by atoms with Crippen LogP contribution in [0.1, 0.15) is 0 Å². The highest BCUT2D eigenvalue weighted by atomic mass is 19.1. The normalized spacial score (nSPS) is 11.3. The van der Waals surface area contributed by atoms with Crippen LogP contribution in [-0.4, -0.2) is 0 Å². The molecule has 0 saturated heterocycles. The first-order valence-electron chi connectivity index (χ1n) is 15.4. The first-order valence-corrected chi connectivity index (χ1v) is 15.4. The molecule has 0 aliphatic heterocycles. The summed E-state index contributed by atoms with van der Waals surface area (Å²) in [7, 11) is 0. The van der Waals surface area contributed by atoms with Crippen molar-refractivity contribution < 1.29 is 17.6 Å². The van der Waals surface area contributed by atoms with E-state index >= 15 is 0 Å². The predicted octanol–water partition coefficient (Wildman–Crippen LogP) is 12.6. The molecule has 0 aliphatic carbocycles. The monoisotopic (exact) mass is 634 g/mol. The highest BCUT2D eigenvalue weighted by Gasteiger charge is 2.22. The number of anilines is 6. The van der Waals surface area contributed by atoms with E-state index in [9.17, 15) is 17.6 Å². The number of hydrogen-bond acceptors (Lipinski definition) is 2. The largest absolute Gasteiger partial charge is 0.310 e. The minimum absolute atomic E-state index is 0.355. The van der Waals surface area contributed by atoms with E-state index < -0.39 is 0 Å². The number of nitrogens with zero attached hydrogens (tertiary/aromatic N) is 2. The van der Waals surface area contributed by atoms with E-state index in [4.69, 9.17) is 0 Å². The summed E-state index contributed by atoms with van der Waals surface area (Å²) in [6.45, 7) is 0. The van der Waals surface area contributed by atoms with E-state index in [-0.39, 0.29) is 23.3 Å². The lowest BCUT2D eigenvalue weighted by Gasteiger charge is -2.29. The van der Waals surface area contributed by atoms with Crippen LogP contribution in [0.3, 0.4) is 0 Å². The van der Waals surface area contributed by atoms with E-state index in [1.165, 1.54) is 48.5 Å². The van der Waals surface area contributed by atoms with Crippen molar-refractivity contribution in [3.8, 4) is 0 Å². The SMILES string of the molecule is Fc1ccc(N(c2ccc(F)cc2)c2cc3c4ccccc4c(N(c4ccc(F)cc4)c4ccc(F)cc4)cc3c3ccccc23)cc1. The average Bonchev–Trinajstić information content (AvgIpc) is 3.12. The molecule has 0 radical (unpaired) electrons. The van der Waals surface area contributed by atoms with Gasteiger partial charge >= 0.3 is 0 Å². The second-order valence-electron chi connectivity index (χ2n) is 11.6. The van der Waals surface area contributed by atoms with Crippen molar-refractivity contribution in [2.75, 3.05) is 9.80 Å². The van der Waals surface area contributed by atoms with Gasteiger partial charge in [0.25, 0.3) is 0 Å². The van der Waals surface area contributed by atoms with E-state index in [1.807, 2.05) is 46.2 Å². The molecule has 8 aromatic carbocycles. The lowest BCUT2D eigenvalue weighted by molar-refractivity contribution is 0.627. The molecule has 0 fully saturated rings. The van der Waals surface area contributed by atoms with Crippen molar-refractivity contribution in [3.05, 3.63) is 181 Å². The summed E-state index contributed by atoms with van der Waals surface area (Å²) in [5.41, 5.74) is 4.53. The quantitative estimate of drug-likeness (QED) is 0.133. The Hall–Kier alpha value is -6.14. The van der Waals surface area contributed by atoms with Gasteiger partial charge in [-0.2, -0.15) is 0 Å². The third-order valence-electron chi connectivity index (χ3n) is 8.66. The molecule has 0 saturated carbocycles. The third kappa shape index (κ3) is 5.17. The lowest BCUT2D eigenvalue weighted by Crippen LogP contribution is -2.12. The van der Waals surface area contributed by atoms with Crippen molar-refractivity contribution in [2.45, 2.75) is 0 Å². The smallest absolute Gasteiger partial charge is 0.123 e. The highest BCUT2D eigenvalue weighted by Crippen LogP contribution is 2.47. The van der Waals surface area contributed by atoms with Crippen molar-refractivity contribution in [2.24, 2.45) is 0 Å².